The Labute approximate surface area is 234 Å². The van der Waals surface area contributed by atoms with Gasteiger partial charge in [0.15, 0.2) is 0 Å². The molecule has 3 aromatic rings. The van der Waals surface area contributed by atoms with Crippen LogP contribution in [0.15, 0.2) is 36.5 Å². The van der Waals surface area contributed by atoms with Crippen LogP contribution < -0.4 is 26.0 Å². The average Bonchev–Trinajstić information content (AvgIpc) is 3.19. The Hall–Kier alpha value is -3.34. The van der Waals surface area contributed by atoms with Gasteiger partial charge < -0.3 is 36.0 Å². The monoisotopic (exact) mass is 557 g/mol. The summed E-state index contributed by atoms with van der Waals surface area (Å²) in [6.45, 7) is 7.26. The fourth-order valence-electron chi connectivity index (χ4n) is 5.05. The first-order valence-corrected chi connectivity index (χ1v) is 13.2. The Morgan fingerprint density at radius 1 is 1.23 bits per heavy atom. The molecule has 0 unspecified atom stereocenters. The van der Waals surface area contributed by atoms with Gasteiger partial charge in [0.1, 0.15) is 17.4 Å². The highest BCUT2D eigenvalue weighted by Crippen LogP contribution is 2.40. The van der Waals surface area contributed by atoms with E-state index in [-0.39, 0.29) is 5.02 Å². The van der Waals surface area contributed by atoms with E-state index in [0.717, 1.165) is 25.2 Å². The quantitative estimate of drug-likeness (QED) is 0.259. The maximum atomic E-state index is 14.1. The summed E-state index contributed by atoms with van der Waals surface area (Å²) >= 11 is 6.02. The maximum absolute atomic E-state index is 14.1. The zero-order chi connectivity index (χ0) is 28.5. The Balaban J connectivity index is 1.60. The second-order valence-corrected chi connectivity index (χ2v) is 11.3. The van der Waals surface area contributed by atoms with Crippen molar-refractivity contribution in [3.8, 4) is 5.75 Å². The molecule has 0 amide bonds. The van der Waals surface area contributed by atoms with Gasteiger partial charge in [0.25, 0.3) is 0 Å². The molecule has 0 bridgehead atoms. The predicted molar refractivity (Wildman–Crippen MR) is 156 cm³/mol. The smallest absolute Gasteiger partial charge is 0.229 e. The summed E-state index contributed by atoms with van der Waals surface area (Å²) in [6, 6.07) is 8.44. The van der Waals surface area contributed by atoms with Crippen LogP contribution in [0.2, 0.25) is 5.02 Å². The highest BCUT2D eigenvalue weighted by Gasteiger charge is 2.32. The van der Waals surface area contributed by atoms with E-state index < -0.39 is 11.4 Å². The highest BCUT2D eigenvalue weighted by molar-refractivity contribution is 6.31. The standard InChI is InChI=1S/C28H37ClFN7O2/c1-16-9-17(15-36(4)5)37(14-16)24-13-25(39-6)23(12-21(24)31)34-27-32-8-7-26(35-27)33-22-11-19(29)20(30)10-18(22)28(2,3)38/h7-8,10-13,16-17,38H,9,14-15,31H2,1-6H3,(H2,32,33,34,35)/t16-,17+/m0/s1. The molecule has 11 heteroatoms. The third-order valence-electron chi connectivity index (χ3n) is 6.74. The number of halogens is 2. The van der Waals surface area contributed by atoms with E-state index in [0.29, 0.717) is 52.1 Å². The second-order valence-electron chi connectivity index (χ2n) is 10.9. The van der Waals surface area contributed by atoms with Gasteiger partial charge in [-0.05, 0) is 64.5 Å². The Morgan fingerprint density at radius 3 is 2.64 bits per heavy atom. The van der Waals surface area contributed by atoms with Crippen LogP contribution in [-0.2, 0) is 5.60 Å². The molecule has 1 saturated heterocycles. The minimum absolute atomic E-state index is 0.0709. The maximum Gasteiger partial charge on any atom is 0.229 e. The summed E-state index contributed by atoms with van der Waals surface area (Å²) < 4.78 is 19.8. The van der Waals surface area contributed by atoms with E-state index in [2.05, 4.69) is 51.4 Å². The van der Waals surface area contributed by atoms with Crippen molar-refractivity contribution >= 4 is 46.1 Å². The number of nitrogens with zero attached hydrogens (tertiary/aromatic N) is 4. The van der Waals surface area contributed by atoms with Gasteiger partial charge in [-0.25, -0.2) is 9.37 Å². The molecule has 1 aliphatic rings. The number of rotatable bonds is 9. The van der Waals surface area contributed by atoms with Crippen molar-refractivity contribution in [1.82, 2.24) is 14.9 Å². The Morgan fingerprint density at radius 2 is 1.97 bits per heavy atom. The lowest BCUT2D eigenvalue weighted by atomic mass is 9.96. The van der Waals surface area contributed by atoms with Gasteiger partial charge in [-0.15, -0.1) is 0 Å². The van der Waals surface area contributed by atoms with Gasteiger partial charge >= 0.3 is 0 Å². The molecule has 1 aliphatic heterocycles. The van der Waals surface area contributed by atoms with Crippen molar-refractivity contribution < 1.29 is 14.2 Å². The lowest BCUT2D eigenvalue weighted by Gasteiger charge is -2.30. The first-order valence-electron chi connectivity index (χ1n) is 12.8. The van der Waals surface area contributed by atoms with Crippen molar-refractivity contribution in [3.63, 3.8) is 0 Å². The third kappa shape index (κ3) is 6.63. The molecule has 1 aromatic heterocycles. The van der Waals surface area contributed by atoms with Crippen LogP contribution in [0, 0.1) is 11.7 Å². The number of benzene rings is 2. The number of methoxy groups -OCH3 is 1. The van der Waals surface area contributed by atoms with E-state index in [4.69, 9.17) is 22.1 Å². The molecule has 39 heavy (non-hydrogen) atoms. The molecule has 1 fully saturated rings. The molecule has 2 aromatic carbocycles. The van der Waals surface area contributed by atoms with Gasteiger partial charge in [-0.3, -0.25) is 0 Å². The number of anilines is 6. The van der Waals surface area contributed by atoms with Crippen molar-refractivity contribution in [1.29, 1.82) is 0 Å². The zero-order valence-electron chi connectivity index (χ0n) is 23.2. The summed E-state index contributed by atoms with van der Waals surface area (Å²) in [5, 5.41) is 16.8. The van der Waals surface area contributed by atoms with Gasteiger partial charge in [-0.1, -0.05) is 18.5 Å². The third-order valence-corrected chi connectivity index (χ3v) is 7.03. The summed E-state index contributed by atoms with van der Waals surface area (Å²) in [5.41, 5.74) is 8.20. The number of ether oxygens (including phenoxy) is 1. The molecule has 0 saturated carbocycles. The highest BCUT2D eigenvalue weighted by atomic mass is 35.5. The van der Waals surface area contributed by atoms with Crippen molar-refractivity contribution in [2.75, 3.05) is 55.6 Å². The molecule has 5 N–H and O–H groups in total. The summed E-state index contributed by atoms with van der Waals surface area (Å²) in [4.78, 5) is 13.4. The van der Waals surface area contributed by atoms with E-state index in [1.165, 1.54) is 12.1 Å². The van der Waals surface area contributed by atoms with Crippen LogP contribution in [0.5, 0.6) is 5.75 Å². The Bertz CT molecular complexity index is 1330. The number of hydrogen-bond acceptors (Lipinski definition) is 9. The summed E-state index contributed by atoms with van der Waals surface area (Å²) in [5.74, 6) is 1.27. The lowest BCUT2D eigenvalue weighted by Crippen LogP contribution is -2.37. The average molecular weight is 558 g/mol. The zero-order valence-corrected chi connectivity index (χ0v) is 24.0. The summed E-state index contributed by atoms with van der Waals surface area (Å²) in [7, 11) is 5.77. The lowest BCUT2D eigenvalue weighted by molar-refractivity contribution is 0.0790. The molecular weight excluding hydrogens is 521 g/mol. The van der Waals surface area contributed by atoms with Gasteiger partial charge in [0.05, 0.1) is 34.8 Å². The molecule has 2 heterocycles. The van der Waals surface area contributed by atoms with E-state index >= 15 is 0 Å². The first kappa shape index (κ1) is 28.7. The number of nitrogens with two attached hydrogens (primary N) is 1. The second kappa shape index (κ2) is 11.4. The van der Waals surface area contributed by atoms with Crippen molar-refractivity contribution in [3.05, 3.63) is 52.9 Å². The number of likely N-dealkylation sites (N-methyl/N-ethyl adjacent to an activating group) is 1. The van der Waals surface area contributed by atoms with Crippen LogP contribution in [0.3, 0.4) is 0 Å². The van der Waals surface area contributed by atoms with Gasteiger partial charge in [0, 0.05) is 42.6 Å². The molecule has 2 atom stereocenters. The minimum atomic E-state index is -1.31. The largest absolute Gasteiger partial charge is 0.494 e. The molecule has 0 aliphatic carbocycles. The van der Waals surface area contributed by atoms with Crippen LogP contribution in [0.4, 0.5) is 38.9 Å². The van der Waals surface area contributed by atoms with Crippen LogP contribution in [0.1, 0.15) is 32.8 Å². The van der Waals surface area contributed by atoms with E-state index in [1.807, 2.05) is 12.1 Å². The molecule has 4 rings (SSSR count). The van der Waals surface area contributed by atoms with Crippen LogP contribution >= 0.6 is 11.6 Å². The number of hydrogen-bond donors (Lipinski definition) is 4. The first-order chi connectivity index (χ1) is 18.3. The fourth-order valence-corrected chi connectivity index (χ4v) is 5.21. The molecule has 0 spiro atoms. The van der Waals surface area contributed by atoms with E-state index in [9.17, 15) is 9.50 Å². The van der Waals surface area contributed by atoms with Gasteiger partial charge in [0.2, 0.25) is 5.95 Å². The molecular formula is C28H37ClFN7O2. The SMILES string of the molecule is COc1cc(N2C[C@@H](C)C[C@@H]2CN(C)C)c(N)cc1Nc1nccc(Nc2cc(Cl)c(F)cc2C(C)(C)O)n1. The number of aliphatic hydroxyl groups is 1. The number of nitrogen functional groups attached to an aromatic ring is 1. The van der Waals surface area contributed by atoms with Gasteiger partial charge in [-0.2, -0.15) is 4.98 Å². The molecule has 0 radical (unpaired) electrons. The predicted octanol–water partition coefficient (Wildman–Crippen LogP) is 5.35. The molecule has 9 nitrogen and oxygen atoms in total. The number of aromatic nitrogens is 2. The molecule has 210 valence electrons. The summed E-state index contributed by atoms with van der Waals surface area (Å²) in [6.07, 6.45) is 2.68. The normalized spacial score (nSPS) is 17.5. The Kier molecular flexibility index (Phi) is 8.39. The van der Waals surface area contributed by atoms with Crippen molar-refractivity contribution in [2.24, 2.45) is 5.92 Å². The van der Waals surface area contributed by atoms with Crippen molar-refractivity contribution in [2.45, 2.75) is 38.8 Å². The van der Waals surface area contributed by atoms with Crippen LogP contribution in [0.25, 0.3) is 0 Å². The topological polar surface area (TPSA) is 112 Å². The fraction of sp³-hybridized carbons (Fsp3) is 0.429. The minimum Gasteiger partial charge on any atom is -0.494 e. The number of nitrogens with one attached hydrogen (secondary N) is 2. The van der Waals surface area contributed by atoms with E-state index in [1.54, 1.807) is 33.2 Å². The van der Waals surface area contributed by atoms with Crippen LogP contribution in [-0.4, -0.2) is 60.3 Å².